The second-order valence-electron chi connectivity index (χ2n) is 6.39. The second kappa shape index (κ2) is 7.11. The van der Waals surface area contributed by atoms with Crippen molar-refractivity contribution in [2.24, 2.45) is 5.92 Å². The smallest absolute Gasteiger partial charge is 0.128 e. The Morgan fingerprint density at radius 3 is 2.38 bits per heavy atom. The normalized spacial score (nSPS) is 18.2. The molecular formula is C19H21F2NOS. The predicted molar refractivity (Wildman–Crippen MR) is 92.1 cm³/mol. The largest absolute Gasteiger partial charge is 0.303 e. The third-order valence-electron chi connectivity index (χ3n) is 4.53. The van der Waals surface area contributed by atoms with Crippen molar-refractivity contribution in [3.63, 3.8) is 0 Å². The van der Waals surface area contributed by atoms with Crippen molar-refractivity contribution >= 4 is 10.8 Å². The average molecular weight is 349 g/mol. The SMILES string of the molecule is C[C@H](N[C@@H](c1cc(F)ccc1F)C1CC1)c1ccc([S@](C)=O)cc1. The molecule has 0 heterocycles. The number of hydrogen-bond donors (Lipinski definition) is 1. The van der Waals surface area contributed by atoms with Gasteiger partial charge in [-0.05, 0) is 61.6 Å². The van der Waals surface area contributed by atoms with Crippen molar-refractivity contribution in [2.45, 2.75) is 36.7 Å². The Kier molecular flexibility index (Phi) is 5.11. The van der Waals surface area contributed by atoms with Crippen molar-refractivity contribution in [3.8, 4) is 0 Å². The molecule has 0 bridgehead atoms. The number of hydrogen-bond acceptors (Lipinski definition) is 2. The van der Waals surface area contributed by atoms with E-state index in [1.807, 2.05) is 31.2 Å². The lowest BCUT2D eigenvalue weighted by Crippen LogP contribution is -2.27. The molecule has 0 unspecified atom stereocenters. The van der Waals surface area contributed by atoms with Gasteiger partial charge < -0.3 is 5.32 Å². The van der Waals surface area contributed by atoms with Crippen LogP contribution < -0.4 is 5.32 Å². The van der Waals surface area contributed by atoms with E-state index in [9.17, 15) is 13.0 Å². The van der Waals surface area contributed by atoms with E-state index in [1.54, 1.807) is 6.26 Å². The molecule has 1 aliphatic carbocycles. The molecule has 1 aliphatic rings. The highest BCUT2D eigenvalue weighted by atomic mass is 32.2. The van der Waals surface area contributed by atoms with Gasteiger partial charge in [0, 0.05) is 39.6 Å². The highest BCUT2D eigenvalue weighted by molar-refractivity contribution is 7.84. The standard InChI is InChI=1S/C19H21F2NOS/c1-12(13-5-8-16(9-6-13)24(2)23)22-19(14-3-4-14)17-11-15(20)7-10-18(17)21/h5-12,14,19,22H,3-4H2,1-2H3/t12-,19+,24-/m0/s1. The van der Waals surface area contributed by atoms with E-state index < -0.39 is 16.6 Å². The van der Waals surface area contributed by atoms with Crippen LogP contribution in [0.2, 0.25) is 0 Å². The molecule has 0 spiro atoms. The molecule has 2 aromatic rings. The van der Waals surface area contributed by atoms with E-state index in [1.165, 1.54) is 12.1 Å². The first-order chi connectivity index (χ1) is 11.5. The molecule has 24 heavy (non-hydrogen) atoms. The van der Waals surface area contributed by atoms with Crippen molar-refractivity contribution in [1.82, 2.24) is 5.32 Å². The van der Waals surface area contributed by atoms with Crippen molar-refractivity contribution < 1.29 is 13.0 Å². The number of benzene rings is 2. The lowest BCUT2D eigenvalue weighted by Gasteiger charge is -2.24. The molecule has 0 amide bonds. The van der Waals surface area contributed by atoms with Gasteiger partial charge in [-0.3, -0.25) is 4.21 Å². The van der Waals surface area contributed by atoms with E-state index in [-0.39, 0.29) is 17.9 Å². The lowest BCUT2D eigenvalue weighted by molar-refractivity contribution is 0.410. The van der Waals surface area contributed by atoms with E-state index in [0.717, 1.165) is 29.4 Å². The highest BCUT2D eigenvalue weighted by Gasteiger charge is 2.34. The zero-order valence-corrected chi connectivity index (χ0v) is 14.6. The van der Waals surface area contributed by atoms with Crippen LogP contribution >= 0.6 is 0 Å². The van der Waals surface area contributed by atoms with Gasteiger partial charge in [0.2, 0.25) is 0 Å². The van der Waals surface area contributed by atoms with Crippen molar-refractivity contribution in [3.05, 3.63) is 65.2 Å². The zero-order valence-electron chi connectivity index (χ0n) is 13.8. The van der Waals surface area contributed by atoms with Gasteiger partial charge >= 0.3 is 0 Å². The number of halogens is 2. The molecule has 0 aromatic heterocycles. The maximum atomic E-state index is 14.2. The van der Waals surface area contributed by atoms with Crippen LogP contribution in [0.15, 0.2) is 47.4 Å². The zero-order chi connectivity index (χ0) is 17.3. The van der Waals surface area contributed by atoms with E-state index in [0.29, 0.717) is 11.5 Å². The van der Waals surface area contributed by atoms with E-state index in [4.69, 9.17) is 0 Å². The van der Waals surface area contributed by atoms with Crippen molar-refractivity contribution in [1.29, 1.82) is 0 Å². The summed E-state index contributed by atoms with van der Waals surface area (Å²) in [5.74, 6) is -0.447. The molecule has 1 N–H and O–H groups in total. The van der Waals surface area contributed by atoms with Crippen LogP contribution in [0.4, 0.5) is 8.78 Å². The summed E-state index contributed by atoms with van der Waals surface area (Å²) in [4.78, 5) is 0.779. The lowest BCUT2D eigenvalue weighted by atomic mass is 9.99. The van der Waals surface area contributed by atoms with Gasteiger partial charge in [-0.15, -0.1) is 0 Å². The first-order valence-corrected chi connectivity index (χ1v) is 9.66. The van der Waals surface area contributed by atoms with E-state index >= 15 is 0 Å². The summed E-state index contributed by atoms with van der Waals surface area (Å²) >= 11 is 0. The molecule has 0 saturated heterocycles. The minimum Gasteiger partial charge on any atom is -0.303 e. The summed E-state index contributed by atoms with van der Waals surface area (Å²) in [6.45, 7) is 2.00. The van der Waals surface area contributed by atoms with E-state index in [2.05, 4.69) is 5.32 Å². The Morgan fingerprint density at radius 2 is 1.79 bits per heavy atom. The minimum absolute atomic E-state index is 0.0161. The van der Waals surface area contributed by atoms with Crippen LogP contribution in [-0.2, 0) is 10.8 Å². The highest BCUT2D eigenvalue weighted by Crippen LogP contribution is 2.43. The maximum Gasteiger partial charge on any atom is 0.128 e. The molecule has 3 rings (SSSR count). The molecule has 128 valence electrons. The molecule has 2 aromatic carbocycles. The number of nitrogens with one attached hydrogen (secondary N) is 1. The molecule has 0 radical (unpaired) electrons. The summed E-state index contributed by atoms with van der Waals surface area (Å²) in [6.07, 6.45) is 3.69. The minimum atomic E-state index is -1.01. The third kappa shape index (κ3) is 3.90. The van der Waals surface area contributed by atoms with Crippen LogP contribution in [0.1, 0.15) is 43.0 Å². The summed E-state index contributed by atoms with van der Waals surface area (Å²) in [5.41, 5.74) is 1.43. The predicted octanol–water partition coefficient (Wildman–Crippen LogP) is 4.50. The molecule has 5 heteroatoms. The van der Waals surface area contributed by atoms with Crippen LogP contribution in [0.5, 0.6) is 0 Å². The topological polar surface area (TPSA) is 29.1 Å². The molecule has 1 saturated carbocycles. The Balaban J connectivity index is 1.80. The Bertz CT molecular complexity index is 744. The summed E-state index contributed by atoms with van der Waals surface area (Å²) < 4.78 is 39.2. The monoisotopic (exact) mass is 349 g/mol. The molecule has 0 aliphatic heterocycles. The van der Waals surface area contributed by atoms with Gasteiger partial charge in [-0.1, -0.05) is 12.1 Å². The van der Waals surface area contributed by atoms with Gasteiger partial charge in [0.1, 0.15) is 11.6 Å². The van der Waals surface area contributed by atoms with Crippen LogP contribution in [0.25, 0.3) is 0 Å². The number of rotatable bonds is 6. The van der Waals surface area contributed by atoms with Gasteiger partial charge in [0.05, 0.1) is 0 Å². The fourth-order valence-electron chi connectivity index (χ4n) is 2.98. The van der Waals surface area contributed by atoms with Gasteiger partial charge in [-0.2, -0.15) is 0 Å². The Hall–Kier alpha value is -1.59. The quantitative estimate of drug-likeness (QED) is 0.832. The first-order valence-electron chi connectivity index (χ1n) is 8.10. The van der Waals surface area contributed by atoms with Gasteiger partial charge in [-0.25, -0.2) is 8.78 Å². The van der Waals surface area contributed by atoms with Gasteiger partial charge in [0.25, 0.3) is 0 Å². The summed E-state index contributed by atoms with van der Waals surface area (Å²) in [6, 6.07) is 11.0. The summed E-state index contributed by atoms with van der Waals surface area (Å²) in [7, 11) is -1.01. The first kappa shape index (κ1) is 17.2. The average Bonchev–Trinajstić information content (AvgIpc) is 3.40. The molecule has 2 nitrogen and oxygen atoms in total. The molecule has 1 fully saturated rings. The third-order valence-corrected chi connectivity index (χ3v) is 5.46. The van der Waals surface area contributed by atoms with Crippen molar-refractivity contribution in [2.75, 3.05) is 6.26 Å². The molecular weight excluding hydrogens is 328 g/mol. The Morgan fingerprint density at radius 1 is 1.12 bits per heavy atom. The van der Waals surface area contributed by atoms with Crippen LogP contribution in [0, 0.1) is 17.6 Å². The fourth-order valence-corrected chi connectivity index (χ4v) is 3.50. The molecule has 3 atom stereocenters. The second-order valence-corrected chi connectivity index (χ2v) is 7.77. The Labute approximate surface area is 143 Å². The van der Waals surface area contributed by atoms with Gasteiger partial charge in [0.15, 0.2) is 0 Å². The fraction of sp³-hybridized carbons (Fsp3) is 0.368. The maximum absolute atomic E-state index is 14.2. The summed E-state index contributed by atoms with van der Waals surface area (Å²) in [5, 5.41) is 3.45. The van der Waals surface area contributed by atoms with Crippen LogP contribution in [0.3, 0.4) is 0 Å². The van der Waals surface area contributed by atoms with Crippen LogP contribution in [-0.4, -0.2) is 10.5 Å².